The Bertz CT molecular complexity index is 354. The summed E-state index contributed by atoms with van der Waals surface area (Å²) in [6, 6.07) is 3.17. The zero-order chi connectivity index (χ0) is 10.7. The number of ether oxygens (including phenoxy) is 1. The van der Waals surface area contributed by atoms with E-state index in [4.69, 9.17) is 5.73 Å². The molecule has 0 heterocycles. The second-order valence-corrected chi connectivity index (χ2v) is 2.36. The maximum Gasteiger partial charge on any atom is 0.387 e. The molecule has 1 aromatic rings. The van der Waals surface area contributed by atoms with Crippen molar-refractivity contribution in [2.45, 2.75) is 6.61 Å². The minimum absolute atomic E-state index is 0.412. The summed E-state index contributed by atoms with van der Waals surface area (Å²) >= 11 is 0. The normalized spacial score (nSPS) is 10.3. The number of hydrogen-bond donors (Lipinski definition) is 1. The Labute approximate surface area is 77.3 Å². The number of primary amides is 1. The van der Waals surface area contributed by atoms with E-state index in [0.29, 0.717) is 0 Å². The van der Waals surface area contributed by atoms with Crippen molar-refractivity contribution in [2.24, 2.45) is 5.73 Å². The molecule has 0 radical (unpaired) electrons. The highest BCUT2D eigenvalue weighted by molar-refractivity contribution is 5.95. The second kappa shape index (κ2) is 3.99. The van der Waals surface area contributed by atoms with Gasteiger partial charge in [0.05, 0.1) is 5.56 Å². The van der Waals surface area contributed by atoms with Gasteiger partial charge in [0, 0.05) is 0 Å². The van der Waals surface area contributed by atoms with Crippen LogP contribution >= 0.6 is 0 Å². The Morgan fingerprint density at radius 1 is 1.43 bits per heavy atom. The van der Waals surface area contributed by atoms with Crippen LogP contribution in [0.15, 0.2) is 18.2 Å². The van der Waals surface area contributed by atoms with Gasteiger partial charge in [0.15, 0.2) is 11.6 Å². The largest absolute Gasteiger partial charge is 0.431 e. The Kier molecular flexibility index (Phi) is 2.95. The van der Waals surface area contributed by atoms with Gasteiger partial charge in [-0.25, -0.2) is 4.39 Å². The molecule has 0 aliphatic carbocycles. The van der Waals surface area contributed by atoms with E-state index in [-0.39, 0.29) is 0 Å². The smallest absolute Gasteiger partial charge is 0.387 e. The summed E-state index contributed by atoms with van der Waals surface area (Å²) < 4.78 is 40.3. The summed E-state index contributed by atoms with van der Waals surface area (Å²) in [4.78, 5) is 10.7. The fraction of sp³-hybridized carbons (Fsp3) is 0.125. The predicted octanol–water partition coefficient (Wildman–Crippen LogP) is 1.53. The lowest BCUT2D eigenvalue weighted by atomic mass is 10.2. The molecule has 0 unspecified atom stereocenters. The highest BCUT2D eigenvalue weighted by atomic mass is 19.3. The Hall–Kier alpha value is -1.72. The van der Waals surface area contributed by atoms with Crippen molar-refractivity contribution in [2.75, 3.05) is 0 Å². The predicted molar refractivity (Wildman–Crippen MR) is 41.5 cm³/mol. The van der Waals surface area contributed by atoms with Gasteiger partial charge in [-0.1, -0.05) is 6.07 Å². The van der Waals surface area contributed by atoms with E-state index in [0.717, 1.165) is 12.1 Å². The van der Waals surface area contributed by atoms with Gasteiger partial charge < -0.3 is 10.5 Å². The first-order chi connectivity index (χ1) is 6.52. The third-order valence-corrected chi connectivity index (χ3v) is 1.44. The molecule has 0 aromatic heterocycles. The number of rotatable bonds is 3. The molecule has 1 rings (SSSR count). The van der Waals surface area contributed by atoms with Gasteiger partial charge in [0.25, 0.3) is 5.91 Å². The van der Waals surface area contributed by atoms with Crippen LogP contribution in [0.1, 0.15) is 10.4 Å². The first kappa shape index (κ1) is 10.4. The van der Waals surface area contributed by atoms with Gasteiger partial charge in [-0.3, -0.25) is 4.79 Å². The number of benzene rings is 1. The van der Waals surface area contributed by atoms with Crippen LogP contribution in [0.2, 0.25) is 0 Å². The van der Waals surface area contributed by atoms with Crippen molar-refractivity contribution >= 4 is 5.91 Å². The summed E-state index contributed by atoms with van der Waals surface area (Å²) in [5.41, 5.74) is 4.42. The third kappa shape index (κ3) is 2.15. The molecule has 6 heteroatoms. The standard InChI is InChI=1S/C8H6F3NO2/c9-5-3-1-2-4(7(12)13)6(5)14-8(10)11/h1-3,8H,(H2,12,13). The maximum atomic E-state index is 12.9. The van der Waals surface area contributed by atoms with Crippen LogP contribution in [0, 0.1) is 5.82 Å². The van der Waals surface area contributed by atoms with Crippen LogP contribution in [0.4, 0.5) is 13.2 Å². The van der Waals surface area contributed by atoms with Crippen LogP contribution in [0.5, 0.6) is 5.75 Å². The molecule has 0 aliphatic rings. The highest BCUT2D eigenvalue weighted by Crippen LogP contribution is 2.23. The van der Waals surface area contributed by atoms with Crippen molar-refractivity contribution < 1.29 is 22.7 Å². The topological polar surface area (TPSA) is 52.3 Å². The van der Waals surface area contributed by atoms with Crippen molar-refractivity contribution in [3.05, 3.63) is 29.6 Å². The Morgan fingerprint density at radius 3 is 2.57 bits per heavy atom. The fourth-order valence-electron chi connectivity index (χ4n) is 0.912. The zero-order valence-electron chi connectivity index (χ0n) is 6.84. The molecule has 1 amide bonds. The van der Waals surface area contributed by atoms with Crippen LogP contribution < -0.4 is 10.5 Å². The number of alkyl halides is 2. The molecular weight excluding hydrogens is 199 g/mol. The van der Waals surface area contributed by atoms with Crippen LogP contribution in [0.3, 0.4) is 0 Å². The molecule has 0 bridgehead atoms. The number of nitrogens with two attached hydrogens (primary N) is 1. The van der Waals surface area contributed by atoms with Gasteiger partial charge in [0.1, 0.15) is 0 Å². The quantitative estimate of drug-likeness (QED) is 0.813. The van der Waals surface area contributed by atoms with Gasteiger partial charge in [-0.2, -0.15) is 8.78 Å². The Balaban J connectivity index is 3.15. The van der Waals surface area contributed by atoms with Crippen LogP contribution in [-0.4, -0.2) is 12.5 Å². The number of halogens is 3. The highest BCUT2D eigenvalue weighted by Gasteiger charge is 2.17. The van der Waals surface area contributed by atoms with Crippen molar-refractivity contribution in [3.8, 4) is 5.75 Å². The van der Waals surface area contributed by atoms with E-state index in [1.165, 1.54) is 6.07 Å². The minimum Gasteiger partial charge on any atom is -0.431 e. The Morgan fingerprint density at radius 2 is 2.07 bits per heavy atom. The minimum atomic E-state index is -3.20. The lowest BCUT2D eigenvalue weighted by molar-refractivity contribution is -0.0525. The molecule has 0 aliphatic heterocycles. The van der Waals surface area contributed by atoms with E-state index in [1.807, 2.05) is 0 Å². The molecule has 0 atom stereocenters. The molecule has 76 valence electrons. The van der Waals surface area contributed by atoms with E-state index in [2.05, 4.69) is 4.74 Å². The van der Waals surface area contributed by atoms with Crippen LogP contribution in [0.25, 0.3) is 0 Å². The molecule has 0 spiro atoms. The average molecular weight is 205 g/mol. The van der Waals surface area contributed by atoms with E-state index < -0.39 is 29.6 Å². The maximum absolute atomic E-state index is 12.9. The number of para-hydroxylation sites is 1. The summed E-state index contributed by atoms with van der Waals surface area (Å²) in [6.45, 7) is -3.20. The number of carbonyl (C=O) groups excluding carboxylic acids is 1. The van der Waals surface area contributed by atoms with Crippen molar-refractivity contribution in [1.29, 1.82) is 0 Å². The molecule has 3 nitrogen and oxygen atoms in total. The first-order valence-electron chi connectivity index (χ1n) is 3.55. The van der Waals surface area contributed by atoms with Gasteiger partial charge in [-0.05, 0) is 12.1 Å². The molecule has 0 saturated carbocycles. The third-order valence-electron chi connectivity index (χ3n) is 1.44. The molecule has 0 saturated heterocycles. The van der Waals surface area contributed by atoms with Gasteiger partial charge in [0.2, 0.25) is 0 Å². The van der Waals surface area contributed by atoms with Crippen LogP contribution in [-0.2, 0) is 0 Å². The van der Waals surface area contributed by atoms with Crippen molar-refractivity contribution in [1.82, 2.24) is 0 Å². The molecule has 1 aromatic carbocycles. The van der Waals surface area contributed by atoms with E-state index >= 15 is 0 Å². The zero-order valence-corrected chi connectivity index (χ0v) is 6.84. The summed E-state index contributed by atoms with van der Waals surface area (Å²) in [6.07, 6.45) is 0. The lowest BCUT2D eigenvalue weighted by Crippen LogP contribution is -2.15. The number of carbonyl (C=O) groups is 1. The van der Waals surface area contributed by atoms with E-state index in [1.54, 1.807) is 0 Å². The van der Waals surface area contributed by atoms with Crippen molar-refractivity contribution in [3.63, 3.8) is 0 Å². The summed E-state index contributed by atoms with van der Waals surface area (Å²) in [5, 5.41) is 0. The summed E-state index contributed by atoms with van der Waals surface area (Å²) in [7, 11) is 0. The van der Waals surface area contributed by atoms with Gasteiger partial charge >= 0.3 is 6.61 Å². The fourth-order valence-corrected chi connectivity index (χ4v) is 0.912. The lowest BCUT2D eigenvalue weighted by Gasteiger charge is -2.08. The molecule has 0 fully saturated rings. The first-order valence-corrected chi connectivity index (χ1v) is 3.55. The molecule has 14 heavy (non-hydrogen) atoms. The number of amides is 1. The average Bonchev–Trinajstić information content (AvgIpc) is 2.07. The molecular formula is C8H6F3NO2. The second-order valence-electron chi connectivity index (χ2n) is 2.36. The monoisotopic (exact) mass is 205 g/mol. The van der Waals surface area contributed by atoms with Gasteiger partial charge in [-0.15, -0.1) is 0 Å². The summed E-state index contributed by atoms with van der Waals surface area (Å²) in [5.74, 6) is -2.91. The number of hydrogen-bond acceptors (Lipinski definition) is 2. The molecule has 2 N–H and O–H groups in total. The SMILES string of the molecule is NC(=O)c1cccc(F)c1OC(F)F. The van der Waals surface area contributed by atoms with E-state index in [9.17, 15) is 18.0 Å².